The molecule has 1 fully saturated rings. The molecule has 0 bridgehead atoms. The van der Waals surface area contributed by atoms with E-state index in [2.05, 4.69) is 4.98 Å². The molecule has 30 heavy (non-hydrogen) atoms. The van der Waals surface area contributed by atoms with Gasteiger partial charge in [0.05, 0.1) is 10.3 Å². The number of ether oxygens (including phenoxy) is 1. The van der Waals surface area contributed by atoms with Gasteiger partial charge in [-0.15, -0.1) is 0 Å². The van der Waals surface area contributed by atoms with Crippen LogP contribution >= 0.6 is 11.6 Å². The van der Waals surface area contributed by atoms with Gasteiger partial charge in [-0.25, -0.2) is 18.2 Å². The van der Waals surface area contributed by atoms with Crippen LogP contribution in [0.2, 0.25) is 5.02 Å². The zero-order valence-electron chi connectivity index (χ0n) is 19.2. The van der Waals surface area contributed by atoms with Gasteiger partial charge < -0.3 is 14.1 Å². The number of benzene rings is 1. The maximum Gasteiger partial charge on any atom is 0.410 e. The Kier molecular flexibility index (Phi) is 5.51. The van der Waals surface area contributed by atoms with E-state index >= 15 is 0 Å². The first-order valence-electron chi connectivity index (χ1n) is 10.4. The summed E-state index contributed by atoms with van der Waals surface area (Å²) in [6.07, 6.45) is -0.494. The molecule has 7 nitrogen and oxygen atoms in total. The molecule has 2 heterocycles. The summed E-state index contributed by atoms with van der Waals surface area (Å²) in [6, 6.07) is 3.13. The molecule has 1 amide bonds. The lowest BCUT2D eigenvalue weighted by atomic mass is 9.97. The Morgan fingerprint density at radius 2 is 1.93 bits per heavy atom. The number of fused-ring (bicyclic) bond motifs is 1. The molecule has 0 spiro atoms. The molecule has 1 aromatic heterocycles. The minimum absolute atomic E-state index is 0.0471. The van der Waals surface area contributed by atoms with E-state index < -0.39 is 38.7 Å². The van der Waals surface area contributed by atoms with E-state index in [-0.39, 0.29) is 34.9 Å². The standard InChI is InChI=1S/C21H29ClN2O5S/c1-20(2,3)18-23-15-8-7-14(22)17(16(15)28-18)30(26,27)13-9-11-24(12-10-13)19(25)29-21(4,5)6/h7-8,13H,9-12H2,1-6H3/i11D. The third-order valence-electron chi connectivity index (χ3n) is 4.74. The van der Waals surface area contributed by atoms with E-state index in [0.717, 1.165) is 0 Å². The third kappa shape index (κ3) is 4.59. The fraction of sp³-hybridized carbons (Fsp3) is 0.619. The molecule has 0 saturated carbocycles. The number of halogens is 1. The van der Waals surface area contributed by atoms with Crippen molar-refractivity contribution >= 4 is 38.6 Å². The fourth-order valence-electron chi connectivity index (χ4n) is 3.20. The van der Waals surface area contributed by atoms with Crippen molar-refractivity contribution < 1.29 is 23.7 Å². The van der Waals surface area contributed by atoms with E-state index in [4.69, 9.17) is 22.1 Å². The predicted molar refractivity (Wildman–Crippen MR) is 116 cm³/mol. The summed E-state index contributed by atoms with van der Waals surface area (Å²) in [7, 11) is -3.93. The molecular weight excluding hydrogens is 428 g/mol. The van der Waals surface area contributed by atoms with Crippen molar-refractivity contribution in [2.24, 2.45) is 0 Å². The normalized spacial score (nSPS) is 21.6. The molecule has 166 valence electrons. The molecular formula is C21H29ClN2O5S. The van der Waals surface area contributed by atoms with Gasteiger partial charge in [0, 0.05) is 19.9 Å². The number of aromatic nitrogens is 1. The van der Waals surface area contributed by atoms with Crippen molar-refractivity contribution in [2.45, 2.75) is 75.5 Å². The second-order valence-electron chi connectivity index (χ2n) is 9.54. The molecule has 2 unspecified atom stereocenters. The monoisotopic (exact) mass is 457 g/mol. The van der Waals surface area contributed by atoms with E-state index in [1.807, 2.05) is 20.8 Å². The number of oxazole rings is 1. The maximum absolute atomic E-state index is 13.5. The number of nitrogens with zero attached hydrogens (tertiary/aromatic N) is 2. The smallest absolute Gasteiger partial charge is 0.410 e. The van der Waals surface area contributed by atoms with Crippen molar-refractivity contribution in [3.63, 3.8) is 0 Å². The lowest BCUT2D eigenvalue weighted by molar-refractivity contribution is 0.0217. The first-order chi connectivity index (χ1) is 14.1. The topological polar surface area (TPSA) is 89.7 Å². The summed E-state index contributed by atoms with van der Waals surface area (Å²) in [5, 5.41) is -0.819. The highest BCUT2D eigenvalue weighted by Gasteiger charge is 2.37. The summed E-state index contributed by atoms with van der Waals surface area (Å²) in [4.78, 5) is 18.0. The molecule has 3 rings (SSSR count). The highest BCUT2D eigenvalue weighted by molar-refractivity contribution is 7.92. The lowest BCUT2D eigenvalue weighted by Gasteiger charge is -2.33. The van der Waals surface area contributed by atoms with Gasteiger partial charge in [0.15, 0.2) is 15.4 Å². The van der Waals surface area contributed by atoms with Gasteiger partial charge >= 0.3 is 6.09 Å². The SMILES string of the molecule is [2H]C1CC(S(=O)(=O)c2c(Cl)ccc3nc(C(C)(C)C)oc23)CCN1C(=O)OC(C)(C)C. The molecule has 9 heteroatoms. The average Bonchev–Trinajstić information content (AvgIpc) is 3.03. The predicted octanol–water partition coefficient (Wildman–Crippen LogP) is 4.95. The van der Waals surface area contributed by atoms with Crippen molar-refractivity contribution in [2.75, 3.05) is 13.1 Å². The van der Waals surface area contributed by atoms with Gasteiger partial charge in [0.1, 0.15) is 16.0 Å². The van der Waals surface area contributed by atoms with Crippen molar-refractivity contribution in [3.05, 3.63) is 23.0 Å². The van der Waals surface area contributed by atoms with Crippen molar-refractivity contribution in [1.29, 1.82) is 0 Å². The van der Waals surface area contributed by atoms with Crippen LogP contribution in [0.15, 0.2) is 21.4 Å². The second-order valence-corrected chi connectivity index (χ2v) is 12.1. The van der Waals surface area contributed by atoms with Crippen LogP contribution in [0.25, 0.3) is 11.1 Å². The van der Waals surface area contributed by atoms with Crippen LogP contribution in [-0.2, 0) is 20.0 Å². The number of sulfone groups is 1. The lowest BCUT2D eigenvalue weighted by Crippen LogP contribution is -2.44. The quantitative estimate of drug-likeness (QED) is 0.633. The third-order valence-corrected chi connectivity index (χ3v) is 7.44. The van der Waals surface area contributed by atoms with Crippen LogP contribution in [-0.4, -0.2) is 48.3 Å². The zero-order valence-corrected chi connectivity index (χ0v) is 19.7. The second kappa shape index (κ2) is 7.71. The van der Waals surface area contributed by atoms with Gasteiger partial charge in [-0.3, -0.25) is 0 Å². The number of likely N-dealkylation sites (tertiary alicyclic amines) is 1. The number of hydrogen-bond donors (Lipinski definition) is 0. The minimum atomic E-state index is -3.93. The average molecular weight is 458 g/mol. The van der Waals surface area contributed by atoms with Gasteiger partial charge in [0.2, 0.25) is 5.89 Å². The van der Waals surface area contributed by atoms with E-state index in [1.165, 1.54) is 11.0 Å². The summed E-state index contributed by atoms with van der Waals surface area (Å²) >= 11 is 6.32. The zero-order chi connectivity index (χ0) is 23.4. The van der Waals surface area contributed by atoms with Crippen LogP contribution < -0.4 is 0 Å². The van der Waals surface area contributed by atoms with Gasteiger partial charge in [-0.05, 0) is 45.7 Å². The van der Waals surface area contributed by atoms with Crippen molar-refractivity contribution in [3.8, 4) is 0 Å². The Hall–Kier alpha value is -1.80. The summed E-state index contributed by atoms with van der Waals surface area (Å²) in [6.45, 7) is 10.1. The molecule has 2 aromatic rings. The number of rotatable bonds is 2. The first-order valence-corrected chi connectivity index (χ1v) is 11.8. The van der Waals surface area contributed by atoms with E-state index in [9.17, 15) is 13.2 Å². The Balaban J connectivity index is 1.93. The minimum Gasteiger partial charge on any atom is -0.444 e. The highest BCUT2D eigenvalue weighted by atomic mass is 35.5. The van der Waals surface area contributed by atoms with Gasteiger partial charge in [0.25, 0.3) is 0 Å². The van der Waals surface area contributed by atoms with E-state index in [1.54, 1.807) is 26.8 Å². The number of amides is 1. The van der Waals surface area contributed by atoms with Crippen LogP contribution in [0.5, 0.6) is 0 Å². The Labute approximate surface area is 184 Å². The van der Waals surface area contributed by atoms with Crippen LogP contribution in [0.4, 0.5) is 4.79 Å². The fourth-order valence-corrected chi connectivity index (χ4v) is 5.51. The number of hydrogen-bond acceptors (Lipinski definition) is 6. The van der Waals surface area contributed by atoms with Gasteiger partial charge in [-0.2, -0.15) is 0 Å². The number of carbonyl (C=O) groups is 1. The Bertz CT molecular complexity index is 1100. The molecule has 1 saturated heterocycles. The summed E-state index contributed by atoms with van der Waals surface area (Å²) in [5.41, 5.74) is -0.549. The first kappa shape index (κ1) is 21.4. The van der Waals surface area contributed by atoms with Crippen LogP contribution in [0.1, 0.15) is 61.6 Å². The maximum atomic E-state index is 13.5. The van der Waals surface area contributed by atoms with Crippen LogP contribution in [0.3, 0.4) is 0 Å². The Morgan fingerprint density at radius 3 is 2.50 bits per heavy atom. The molecule has 2 atom stereocenters. The largest absolute Gasteiger partial charge is 0.444 e. The highest BCUT2D eigenvalue weighted by Crippen LogP contribution is 2.37. The molecule has 0 radical (unpaired) electrons. The number of carbonyl (C=O) groups excluding carboxylic acids is 1. The Morgan fingerprint density at radius 1 is 1.27 bits per heavy atom. The molecule has 1 aromatic carbocycles. The van der Waals surface area contributed by atoms with Crippen LogP contribution in [0, 0.1) is 0 Å². The molecule has 0 N–H and O–H groups in total. The summed E-state index contributed by atoms with van der Waals surface area (Å²) < 4.78 is 46.6. The summed E-state index contributed by atoms with van der Waals surface area (Å²) in [5.74, 6) is 0.416. The molecule has 1 aliphatic heterocycles. The molecule has 1 aliphatic rings. The number of piperidine rings is 1. The molecule has 0 aliphatic carbocycles. The van der Waals surface area contributed by atoms with Gasteiger partial charge in [-0.1, -0.05) is 32.4 Å². The van der Waals surface area contributed by atoms with Crippen molar-refractivity contribution in [1.82, 2.24) is 9.88 Å². The van der Waals surface area contributed by atoms with E-state index in [0.29, 0.717) is 11.4 Å².